The molecule has 4 nitrogen and oxygen atoms in total. The molecule has 0 N–H and O–H groups in total. The van der Waals surface area contributed by atoms with Crippen molar-refractivity contribution in [1.82, 2.24) is 0 Å². The highest BCUT2D eigenvalue weighted by molar-refractivity contribution is 5.92. The Bertz CT molecular complexity index is 1300. The van der Waals surface area contributed by atoms with Gasteiger partial charge in [-0.05, 0) is 60.7 Å². The first kappa shape index (κ1) is 43.3. The van der Waals surface area contributed by atoms with Crippen molar-refractivity contribution in [3.63, 3.8) is 0 Å². The van der Waals surface area contributed by atoms with Crippen LogP contribution in [0.25, 0.3) is 11.1 Å². The van der Waals surface area contributed by atoms with Gasteiger partial charge in [-0.25, -0.2) is 4.79 Å². The minimum Gasteiger partial charge on any atom is -0.490 e. The number of para-hydroxylation sites is 2. The molecule has 0 spiro atoms. The van der Waals surface area contributed by atoms with Crippen LogP contribution in [-0.2, 0) is 4.74 Å². The lowest BCUT2D eigenvalue weighted by molar-refractivity contribution is 0.0627. The molecule has 0 amide bonds. The normalized spacial score (nSPS) is 11.8. The highest BCUT2D eigenvalue weighted by Gasteiger charge is 2.13. The Morgan fingerprint density at radius 2 is 0.885 bits per heavy atom. The molecule has 0 aromatic heterocycles. The maximum absolute atomic E-state index is 13.1. The van der Waals surface area contributed by atoms with E-state index in [1.807, 2.05) is 42.5 Å². The number of ether oxygens (including phenoxy) is 3. The third kappa shape index (κ3) is 18.6. The molecule has 0 aliphatic carbocycles. The van der Waals surface area contributed by atoms with Gasteiger partial charge in [0.25, 0.3) is 0 Å². The molecule has 0 aliphatic heterocycles. The molecular formula is C48H72O4. The third-order valence-electron chi connectivity index (χ3n) is 10.3. The smallest absolute Gasteiger partial charge is 0.343 e. The first-order valence-corrected chi connectivity index (χ1v) is 21.4. The summed E-state index contributed by atoms with van der Waals surface area (Å²) < 4.78 is 18.0. The summed E-state index contributed by atoms with van der Waals surface area (Å²) in [6, 6.07) is 23.7. The van der Waals surface area contributed by atoms with Crippen LogP contribution in [0.3, 0.4) is 0 Å². The summed E-state index contributed by atoms with van der Waals surface area (Å²) in [6.07, 6.45) is 30.6. The topological polar surface area (TPSA) is 44.8 Å². The van der Waals surface area contributed by atoms with Crippen molar-refractivity contribution in [3.05, 3.63) is 83.9 Å². The summed E-state index contributed by atoms with van der Waals surface area (Å²) in [5.41, 5.74) is 3.87. The fourth-order valence-corrected chi connectivity index (χ4v) is 6.81. The molecule has 0 saturated heterocycles. The summed E-state index contributed by atoms with van der Waals surface area (Å²) in [5, 5.41) is 0. The van der Waals surface area contributed by atoms with E-state index in [0.717, 1.165) is 30.6 Å². The van der Waals surface area contributed by atoms with Gasteiger partial charge in [0.2, 0.25) is 0 Å². The summed E-state index contributed by atoms with van der Waals surface area (Å²) in [5.74, 6) is 0.701. The maximum atomic E-state index is 13.1. The second-order valence-corrected chi connectivity index (χ2v) is 14.8. The van der Waals surface area contributed by atoms with Gasteiger partial charge in [-0.15, -0.1) is 0 Å². The zero-order valence-electron chi connectivity index (χ0n) is 33.3. The fourth-order valence-electron chi connectivity index (χ4n) is 6.81. The van der Waals surface area contributed by atoms with Gasteiger partial charge in [0.1, 0.15) is 0 Å². The highest BCUT2D eigenvalue weighted by atomic mass is 16.6. The lowest BCUT2D eigenvalue weighted by Gasteiger charge is -2.14. The third-order valence-corrected chi connectivity index (χ3v) is 10.3. The maximum Gasteiger partial charge on any atom is 0.343 e. The Kier molecular flexibility index (Phi) is 23.6. The van der Waals surface area contributed by atoms with Gasteiger partial charge in [-0.2, -0.15) is 0 Å². The average Bonchev–Trinajstić information content (AvgIpc) is 3.17. The van der Waals surface area contributed by atoms with Crippen LogP contribution in [0.2, 0.25) is 0 Å². The van der Waals surface area contributed by atoms with Crippen molar-refractivity contribution >= 4 is 5.97 Å². The minimum atomic E-state index is -0.382. The second kappa shape index (κ2) is 28.4. The number of hydrogen-bond acceptors (Lipinski definition) is 4. The molecule has 0 bridgehead atoms. The summed E-state index contributed by atoms with van der Waals surface area (Å²) >= 11 is 0. The van der Waals surface area contributed by atoms with Crippen LogP contribution in [0.1, 0.15) is 190 Å². The number of unbranched alkanes of at least 4 members (excludes halogenated alkanes) is 21. The van der Waals surface area contributed by atoms with Crippen LogP contribution >= 0.6 is 0 Å². The predicted molar refractivity (Wildman–Crippen MR) is 221 cm³/mol. The molecule has 0 saturated carbocycles. The average molecular weight is 713 g/mol. The number of rotatable bonds is 31. The van der Waals surface area contributed by atoms with E-state index in [0.29, 0.717) is 23.7 Å². The summed E-state index contributed by atoms with van der Waals surface area (Å²) in [6.45, 7) is 8.13. The van der Waals surface area contributed by atoms with Crippen LogP contribution in [0.5, 0.6) is 11.5 Å². The zero-order valence-corrected chi connectivity index (χ0v) is 33.3. The Morgan fingerprint density at radius 3 is 1.37 bits per heavy atom. The lowest BCUT2D eigenvalue weighted by atomic mass is 10.0. The molecular weight excluding hydrogens is 641 g/mol. The highest BCUT2D eigenvalue weighted by Crippen LogP contribution is 2.29. The minimum absolute atomic E-state index is 0.0750. The van der Waals surface area contributed by atoms with E-state index >= 15 is 0 Å². The van der Waals surface area contributed by atoms with Gasteiger partial charge < -0.3 is 14.2 Å². The van der Waals surface area contributed by atoms with Gasteiger partial charge in [-0.3, -0.25) is 0 Å². The Hall–Kier alpha value is -3.11. The molecule has 0 aliphatic rings. The lowest BCUT2D eigenvalue weighted by Crippen LogP contribution is -2.10. The summed E-state index contributed by atoms with van der Waals surface area (Å²) in [7, 11) is 0. The standard InChI is InChI=1S/C48H72O4/c1-4-6-8-10-12-14-16-17-18-20-22-24-28-40-51-46-29-25-26-30-47(46)52-48(49)45-37-35-44(36-38-45)43-33-31-42(32-34-43)41(3)50-39-27-23-21-19-15-13-11-9-7-5-2/h25-26,29-38,41H,4-24,27-28,39-40H2,1-3H3. The molecule has 0 radical (unpaired) electrons. The second-order valence-electron chi connectivity index (χ2n) is 14.8. The van der Waals surface area contributed by atoms with E-state index in [2.05, 4.69) is 45.0 Å². The van der Waals surface area contributed by atoms with Gasteiger partial charge in [0.15, 0.2) is 11.5 Å². The molecule has 3 aromatic carbocycles. The van der Waals surface area contributed by atoms with E-state index in [1.54, 1.807) is 6.07 Å². The van der Waals surface area contributed by atoms with E-state index in [1.165, 1.54) is 140 Å². The number of esters is 1. The molecule has 3 aromatic rings. The number of carbonyl (C=O) groups excluding carboxylic acids is 1. The van der Waals surface area contributed by atoms with Crippen LogP contribution in [0.4, 0.5) is 0 Å². The van der Waals surface area contributed by atoms with Crippen LogP contribution in [-0.4, -0.2) is 19.2 Å². The van der Waals surface area contributed by atoms with E-state index in [9.17, 15) is 4.79 Å². The largest absolute Gasteiger partial charge is 0.490 e. The molecule has 4 heteroatoms. The van der Waals surface area contributed by atoms with Crippen LogP contribution < -0.4 is 9.47 Å². The van der Waals surface area contributed by atoms with Crippen molar-refractivity contribution < 1.29 is 19.0 Å². The summed E-state index contributed by atoms with van der Waals surface area (Å²) in [4.78, 5) is 13.1. The molecule has 0 fully saturated rings. The molecule has 0 heterocycles. The Labute approximate surface area is 318 Å². The predicted octanol–water partition coefficient (Wildman–Crippen LogP) is 15.0. The number of hydrogen-bond donors (Lipinski definition) is 0. The molecule has 3 rings (SSSR count). The van der Waals surface area contributed by atoms with E-state index in [4.69, 9.17) is 14.2 Å². The Balaban J connectivity index is 1.31. The van der Waals surface area contributed by atoms with Crippen molar-refractivity contribution in [2.75, 3.05) is 13.2 Å². The van der Waals surface area contributed by atoms with Gasteiger partial charge in [0.05, 0.1) is 18.3 Å². The van der Waals surface area contributed by atoms with Crippen molar-refractivity contribution in [2.45, 2.75) is 175 Å². The number of benzene rings is 3. The monoisotopic (exact) mass is 713 g/mol. The quantitative estimate of drug-likeness (QED) is 0.0378. The SMILES string of the molecule is CCCCCCCCCCCCCCCOc1ccccc1OC(=O)c1ccc(-c2ccc(C(C)OCCCCCCCCCCCC)cc2)cc1. The molecule has 52 heavy (non-hydrogen) atoms. The molecule has 288 valence electrons. The molecule has 1 unspecified atom stereocenters. The van der Waals surface area contributed by atoms with E-state index in [-0.39, 0.29) is 12.1 Å². The first-order valence-electron chi connectivity index (χ1n) is 21.4. The van der Waals surface area contributed by atoms with Gasteiger partial charge in [-0.1, -0.05) is 197 Å². The fraction of sp³-hybridized carbons (Fsp3) is 0.604. The molecule has 1 atom stereocenters. The van der Waals surface area contributed by atoms with E-state index < -0.39 is 0 Å². The Morgan fingerprint density at radius 1 is 0.481 bits per heavy atom. The zero-order chi connectivity index (χ0) is 36.9. The van der Waals surface area contributed by atoms with Crippen molar-refractivity contribution in [3.8, 4) is 22.6 Å². The van der Waals surface area contributed by atoms with Crippen molar-refractivity contribution in [2.24, 2.45) is 0 Å². The van der Waals surface area contributed by atoms with Crippen LogP contribution in [0.15, 0.2) is 72.8 Å². The van der Waals surface area contributed by atoms with Gasteiger partial charge in [0, 0.05) is 6.61 Å². The first-order chi connectivity index (χ1) is 25.6. The van der Waals surface area contributed by atoms with Gasteiger partial charge >= 0.3 is 5.97 Å². The van der Waals surface area contributed by atoms with Crippen LogP contribution in [0, 0.1) is 0 Å². The number of carbonyl (C=O) groups is 1. The van der Waals surface area contributed by atoms with Crippen molar-refractivity contribution in [1.29, 1.82) is 0 Å².